The van der Waals surface area contributed by atoms with Gasteiger partial charge < -0.3 is 19.3 Å². The SMILES string of the molecule is CC(C)[C@@]1(NC(=O)OC(C)(C)C)C(=O)c2ccccc2N(C)C1=O.CC(C)[C@@]1(NC(=O)OC(C)(C)C)C(=O)c2ccccc2N(C)C1=O. The molecule has 0 aliphatic carbocycles. The number of benzene rings is 2. The molecule has 12 nitrogen and oxygen atoms in total. The molecule has 0 fully saturated rings. The molecule has 2 aromatic carbocycles. The quantitative estimate of drug-likeness (QED) is 0.405. The highest BCUT2D eigenvalue weighted by atomic mass is 16.6. The lowest BCUT2D eigenvalue weighted by Gasteiger charge is -2.42. The molecule has 48 heavy (non-hydrogen) atoms. The number of hydrogen-bond acceptors (Lipinski definition) is 8. The van der Waals surface area contributed by atoms with Crippen LogP contribution in [0.15, 0.2) is 48.5 Å². The number of likely N-dealkylation sites (N-methyl/N-ethyl adjacent to an activating group) is 2. The highest BCUT2D eigenvalue weighted by Gasteiger charge is 2.57. The number of anilines is 2. The first kappa shape index (κ1) is 37.7. The number of para-hydroxylation sites is 2. The summed E-state index contributed by atoms with van der Waals surface area (Å²) >= 11 is 0. The van der Waals surface area contributed by atoms with Gasteiger partial charge in [-0.25, -0.2) is 9.59 Å². The Morgan fingerprint density at radius 2 is 0.896 bits per heavy atom. The minimum atomic E-state index is -1.68. The number of rotatable bonds is 4. The molecular formula is C36H48N4O8. The minimum Gasteiger partial charge on any atom is -0.444 e. The number of fused-ring (bicyclic) bond motifs is 2. The van der Waals surface area contributed by atoms with E-state index >= 15 is 0 Å². The molecule has 4 rings (SSSR count). The fourth-order valence-electron chi connectivity index (χ4n) is 5.74. The number of nitrogens with one attached hydrogen (secondary N) is 2. The van der Waals surface area contributed by atoms with Crippen LogP contribution in [0.1, 0.15) is 90.0 Å². The van der Waals surface area contributed by atoms with E-state index < -0.39 is 69.7 Å². The van der Waals surface area contributed by atoms with Gasteiger partial charge in [0, 0.05) is 25.2 Å². The van der Waals surface area contributed by atoms with Gasteiger partial charge in [0.1, 0.15) is 11.2 Å². The monoisotopic (exact) mass is 664 g/mol. The molecule has 260 valence electrons. The Bertz CT molecular complexity index is 1500. The van der Waals surface area contributed by atoms with Gasteiger partial charge in [-0.15, -0.1) is 0 Å². The Labute approximate surface area is 282 Å². The van der Waals surface area contributed by atoms with Gasteiger partial charge in [-0.3, -0.25) is 29.8 Å². The molecule has 0 radical (unpaired) electrons. The number of carbonyl (C=O) groups excluding carboxylic acids is 6. The summed E-state index contributed by atoms with van der Waals surface area (Å²) in [4.78, 5) is 79.6. The van der Waals surface area contributed by atoms with Crippen LogP contribution in [0.4, 0.5) is 21.0 Å². The number of ketones is 2. The number of amides is 4. The van der Waals surface area contributed by atoms with E-state index in [1.807, 2.05) is 0 Å². The summed E-state index contributed by atoms with van der Waals surface area (Å²) in [5, 5.41) is 5.11. The number of nitrogens with zero attached hydrogens (tertiary/aromatic N) is 2. The van der Waals surface area contributed by atoms with Crippen molar-refractivity contribution in [3.8, 4) is 0 Å². The van der Waals surface area contributed by atoms with Crippen LogP contribution in [0, 0.1) is 11.8 Å². The third kappa shape index (κ3) is 7.07. The average Bonchev–Trinajstić information content (AvgIpc) is 2.97. The smallest absolute Gasteiger partial charge is 0.408 e. The number of alkyl carbamates (subject to hydrolysis) is 2. The molecule has 4 amide bonds. The van der Waals surface area contributed by atoms with Gasteiger partial charge in [-0.05, 0) is 77.6 Å². The van der Waals surface area contributed by atoms with Gasteiger partial charge in [0.15, 0.2) is 22.6 Å². The number of ether oxygens (including phenoxy) is 2. The fraction of sp³-hybridized carbons (Fsp3) is 0.500. The van der Waals surface area contributed by atoms with Gasteiger partial charge in [0.2, 0.25) is 0 Å². The molecule has 0 saturated heterocycles. The van der Waals surface area contributed by atoms with Gasteiger partial charge in [-0.1, -0.05) is 52.0 Å². The molecule has 2 aromatic rings. The molecule has 0 saturated carbocycles. The maximum absolute atomic E-state index is 13.1. The Morgan fingerprint density at radius 1 is 0.604 bits per heavy atom. The molecule has 2 aliphatic heterocycles. The second-order valence-electron chi connectivity index (χ2n) is 14.6. The summed E-state index contributed by atoms with van der Waals surface area (Å²) in [6, 6.07) is 13.7. The van der Waals surface area contributed by atoms with E-state index in [2.05, 4.69) is 10.6 Å². The Morgan fingerprint density at radius 3 is 1.17 bits per heavy atom. The summed E-state index contributed by atoms with van der Waals surface area (Å²) < 4.78 is 10.5. The lowest BCUT2D eigenvalue weighted by molar-refractivity contribution is -0.125. The number of carbonyl (C=O) groups is 6. The van der Waals surface area contributed by atoms with Crippen molar-refractivity contribution < 1.29 is 38.2 Å². The maximum atomic E-state index is 13.1. The molecule has 0 aromatic heterocycles. The molecular weight excluding hydrogens is 616 g/mol. The lowest BCUT2D eigenvalue weighted by Crippen LogP contribution is -2.69. The van der Waals surface area contributed by atoms with Crippen LogP contribution in [-0.4, -0.2) is 71.9 Å². The summed E-state index contributed by atoms with van der Waals surface area (Å²) in [6.07, 6.45) is -1.57. The first-order chi connectivity index (χ1) is 22.0. The van der Waals surface area contributed by atoms with Crippen molar-refractivity contribution in [3.05, 3.63) is 59.7 Å². The van der Waals surface area contributed by atoms with Crippen molar-refractivity contribution in [3.63, 3.8) is 0 Å². The molecule has 2 aliphatic rings. The summed E-state index contributed by atoms with van der Waals surface area (Å²) in [5.74, 6) is -2.65. The minimum absolute atomic E-state index is 0.407. The normalized spacial score (nSPS) is 20.9. The van der Waals surface area contributed by atoms with Gasteiger partial charge in [0.25, 0.3) is 11.8 Å². The highest BCUT2D eigenvalue weighted by Crippen LogP contribution is 2.37. The van der Waals surface area contributed by atoms with Crippen LogP contribution in [-0.2, 0) is 19.1 Å². The maximum Gasteiger partial charge on any atom is 0.408 e. The molecule has 2 atom stereocenters. The Balaban J connectivity index is 0.000000260. The fourth-order valence-corrected chi connectivity index (χ4v) is 5.74. The van der Waals surface area contributed by atoms with E-state index in [4.69, 9.17) is 9.47 Å². The van der Waals surface area contributed by atoms with E-state index in [0.717, 1.165) is 0 Å². The van der Waals surface area contributed by atoms with Crippen LogP contribution in [0.25, 0.3) is 0 Å². The second-order valence-corrected chi connectivity index (χ2v) is 14.6. The van der Waals surface area contributed by atoms with Crippen LogP contribution in [0.5, 0.6) is 0 Å². The summed E-state index contributed by atoms with van der Waals surface area (Å²) in [6.45, 7) is 17.3. The largest absolute Gasteiger partial charge is 0.444 e. The molecule has 0 bridgehead atoms. The van der Waals surface area contributed by atoms with E-state index in [1.165, 1.54) is 9.80 Å². The topological polar surface area (TPSA) is 151 Å². The number of hydrogen-bond donors (Lipinski definition) is 2. The van der Waals surface area contributed by atoms with Crippen molar-refractivity contribution in [2.45, 2.75) is 91.5 Å². The van der Waals surface area contributed by atoms with Crippen molar-refractivity contribution in [1.82, 2.24) is 10.6 Å². The van der Waals surface area contributed by atoms with Crippen molar-refractivity contribution in [2.24, 2.45) is 11.8 Å². The van der Waals surface area contributed by atoms with Crippen molar-refractivity contribution >= 4 is 46.9 Å². The van der Waals surface area contributed by atoms with Gasteiger partial charge in [0.05, 0.1) is 11.4 Å². The van der Waals surface area contributed by atoms with Gasteiger partial charge >= 0.3 is 12.2 Å². The van der Waals surface area contributed by atoms with Crippen LogP contribution in [0.3, 0.4) is 0 Å². The van der Waals surface area contributed by atoms with E-state index in [1.54, 1.807) is 132 Å². The molecule has 2 N–H and O–H groups in total. The number of Topliss-reactive ketones (excluding diaryl/α,β-unsaturated/α-hetero) is 2. The molecule has 0 unspecified atom stereocenters. The Kier molecular flexibility index (Phi) is 10.5. The molecule has 0 spiro atoms. The predicted molar refractivity (Wildman–Crippen MR) is 182 cm³/mol. The summed E-state index contributed by atoms with van der Waals surface area (Å²) in [7, 11) is 3.20. The van der Waals surface area contributed by atoms with Crippen LogP contribution >= 0.6 is 0 Å². The molecule has 12 heteroatoms. The van der Waals surface area contributed by atoms with Crippen molar-refractivity contribution in [1.29, 1.82) is 0 Å². The zero-order chi connectivity index (χ0) is 36.6. The average molecular weight is 665 g/mol. The first-order valence-electron chi connectivity index (χ1n) is 15.9. The Hall–Kier alpha value is -4.74. The zero-order valence-corrected chi connectivity index (χ0v) is 29.9. The van der Waals surface area contributed by atoms with Crippen LogP contribution < -0.4 is 20.4 Å². The van der Waals surface area contributed by atoms with E-state index in [-0.39, 0.29) is 0 Å². The van der Waals surface area contributed by atoms with Crippen molar-refractivity contribution in [2.75, 3.05) is 23.9 Å². The molecule has 2 heterocycles. The predicted octanol–water partition coefficient (Wildman–Crippen LogP) is 5.53. The van der Waals surface area contributed by atoms with Gasteiger partial charge in [-0.2, -0.15) is 0 Å². The highest BCUT2D eigenvalue weighted by molar-refractivity contribution is 6.30. The summed E-state index contributed by atoms with van der Waals surface area (Å²) in [5.41, 5.74) is -2.92. The first-order valence-corrected chi connectivity index (χ1v) is 15.9. The second kappa shape index (κ2) is 13.4. The lowest BCUT2D eigenvalue weighted by atomic mass is 9.75. The zero-order valence-electron chi connectivity index (χ0n) is 29.9. The van der Waals surface area contributed by atoms with E-state index in [9.17, 15) is 28.8 Å². The standard InChI is InChI=1S/2C18H24N2O4/c2*1-11(2)18(19-16(23)24-17(3,4)5)14(21)12-9-7-8-10-13(12)20(6)15(18)22/h2*7-11H,1-6H3,(H,19,23)/t2*18-/m11/s1. The third-order valence-corrected chi connectivity index (χ3v) is 8.15. The van der Waals surface area contributed by atoms with E-state index in [0.29, 0.717) is 22.5 Å². The third-order valence-electron chi connectivity index (χ3n) is 8.15. The van der Waals surface area contributed by atoms with Crippen LogP contribution in [0.2, 0.25) is 0 Å².